The number of rotatable bonds is 4. The van der Waals surface area contributed by atoms with E-state index in [1.54, 1.807) is 4.57 Å². The molecule has 0 spiro atoms. The van der Waals surface area contributed by atoms with Gasteiger partial charge in [0.25, 0.3) is 5.56 Å². The summed E-state index contributed by atoms with van der Waals surface area (Å²) >= 11 is 0. The largest absolute Gasteiger partial charge is 0.326 e. The van der Waals surface area contributed by atoms with Crippen LogP contribution in [-0.4, -0.2) is 43.2 Å². The maximum absolute atomic E-state index is 12.8. The second kappa shape index (κ2) is 8.18. The third-order valence-corrected chi connectivity index (χ3v) is 5.92. The number of nitrogens with zero attached hydrogens (tertiary/aromatic N) is 5. The molecule has 0 radical (unpaired) electrons. The van der Waals surface area contributed by atoms with E-state index in [1.165, 1.54) is 5.56 Å². The maximum Gasteiger partial charge on any atom is 0.262 e. The van der Waals surface area contributed by atoms with Crippen LogP contribution in [0.5, 0.6) is 0 Å². The number of likely N-dealkylation sites (tertiary alicyclic amines) is 1. The van der Waals surface area contributed by atoms with Crippen molar-refractivity contribution in [2.45, 2.75) is 32.0 Å². The molecule has 1 saturated heterocycles. The lowest BCUT2D eigenvalue weighted by atomic mass is 9.95. The predicted octanol–water partition coefficient (Wildman–Crippen LogP) is 2.41. The van der Waals surface area contributed by atoms with E-state index in [0.717, 1.165) is 24.4 Å². The molecule has 2 aromatic heterocycles. The van der Waals surface area contributed by atoms with Gasteiger partial charge in [-0.05, 0) is 24.6 Å². The average molecular weight is 425 g/mol. The van der Waals surface area contributed by atoms with Crippen LogP contribution in [0.3, 0.4) is 0 Å². The molecule has 2 aromatic carbocycles. The molecule has 1 fully saturated rings. The third-order valence-electron chi connectivity index (χ3n) is 5.92. The highest BCUT2D eigenvalue weighted by Crippen LogP contribution is 2.27. The Bertz CT molecular complexity index is 1240. The molecule has 3 heterocycles. The summed E-state index contributed by atoms with van der Waals surface area (Å²) < 4.78 is 3.70. The molecular formula is C22H25ClN6O. The van der Waals surface area contributed by atoms with Crippen molar-refractivity contribution in [3.63, 3.8) is 0 Å². The van der Waals surface area contributed by atoms with Crippen molar-refractivity contribution in [2.24, 2.45) is 5.73 Å². The van der Waals surface area contributed by atoms with Gasteiger partial charge in [-0.25, -0.2) is 0 Å². The first kappa shape index (κ1) is 20.5. The van der Waals surface area contributed by atoms with E-state index < -0.39 is 0 Å². The Morgan fingerprint density at radius 1 is 1.03 bits per heavy atom. The van der Waals surface area contributed by atoms with Gasteiger partial charge in [-0.15, -0.1) is 22.6 Å². The van der Waals surface area contributed by atoms with Crippen LogP contribution in [0.15, 0.2) is 59.4 Å². The normalized spacial score (nSPS) is 19.4. The van der Waals surface area contributed by atoms with Crippen molar-refractivity contribution in [3.8, 4) is 0 Å². The minimum Gasteiger partial charge on any atom is -0.326 e. The monoisotopic (exact) mass is 424 g/mol. The Balaban J connectivity index is 0.00000218. The molecule has 1 aliphatic heterocycles. The van der Waals surface area contributed by atoms with Crippen LogP contribution >= 0.6 is 12.4 Å². The second-order valence-corrected chi connectivity index (χ2v) is 7.69. The summed E-state index contributed by atoms with van der Waals surface area (Å²) in [5, 5.41) is 9.49. The van der Waals surface area contributed by atoms with E-state index >= 15 is 0 Å². The molecule has 0 bridgehead atoms. The van der Waals surface area contributed by atoms with E-state index in [2.05, 4.69) is 39.4 Å². The standard InChI is InChI=1S/C22H24N6O.ClH/c1-2-27-21(29)16-10-6-7-11-19(16)28-20(24-25-22(27)28)14-26-12-17(18(23)13-26)15-8-4-3-5-9-15;/h3-11,17-18H,2,12-14,23H2,1H3;1H/t17-,18+;/m0./s1. The number of aryl methyl sites for hydroxylation is 1. The number of fused-ring (bicyclic) bond motifs is 3. The average Bonchev–Trinajstić information content (AvgIpc) is 3.33. The lowest BCUT2D eigenvalue weighted by molar-refractivity contribution is 0.314. The van der Waals surface area contributed by atoms with Gasteiger partial charge in [0, 0.05) is 31.6 Å². The molecule has 7 nitrogen and oxygen atoms in total. The number of benzene rings is 2. The first-order valence-electron chi connectivity index (χ1n) is 10.1. The summed E-state index contributed by atoms with van der Waals surface area (Å²) in [5.41, 5.74) is 8.57. The lowest BCUT2D eigenvalue weighted by Crippen LogP contribution is -2.29. The molecule has 0 amide bonds. The van der Waals surface area contributed by atoms with Gasteiger partial charge in [-0.2, -0.15) is 0 Å². The summed E-state index contributed by atoms with van der Waals surface area (Å²) in [6, 6.07) is 18.2. The fraction of sp³-hybridized carbons (Fsp3) is 0.318. The quantitative estimate of drug-likeness (QED) is 0.544. The van der Waals surface area contributed by atoms with Crippen molar-refractivity contribution in [2.75, 3.05) is 13.1 Å². The fourth-order valence-electron chi connectivity index (χ4n) is 4.50. The van der Waals surface area contributed by atoms with Crippen LogP contribution in [0.25, 0.3) is 16.7 Å². The summed E-state index contributed by atoms with van der Waals surface area (Å²) in [6.07, 6.45) is 0. The van der Waals surface area contributed by atoms with Gasteiger partial charge in [0.2, 0.25) is 5.78 Å². The number of halogens is 1. The van der Waals surface area contributed by atoms with Gasteiger partial charge in [-0.1, -0.05) is 42.5 Å². The molecule has 0 aliphatic carbocycles. The smallest absolute Gasteiger partial charge is 0.262 e. The Labute approximate surface area is 180 Å². The van der Waals surface area contributed by atoms with Gasteiger partial charge in [0.05, 0.1) is 17.4 Å². The van der Waals surface area contributed by atoms with Crippen molar-refractivity contribution >= 4 is 29.1 Å². The summed E-state index contributed by atoms with van der Waals surface area (Å²) in [4.78, 5) is 15.2. The highest BCUT2D eigenvalue weighted by atomic mass is 35.5. The van der Waals surface area contributed by atoms with Crippen LogP contribution in [0, 0.1) is 0 Å². The van der Waals surface area contributed by atoms with Crippen LogP contribution in [0.2, 0.25) is 0 Å². The lowest BCUT2D eigenvalue weighted by Gasteiger charge is -2.16. The zero-order valence-corrected chi connectivity index (χ0v) is 17.6. The van der Waals surface area contributed by atoms with E-state index in [1.807, 2.05) is 41.7 Å². The van der Waals surface area contributed by atoms with Gasteiger partial charge in [0.15, 0.2) is 5.82 Å². The van der Waals surface area contributed by atoms with Gasteiger partial charge >= 0.3 is 0 Å². The van der Waals surface area contributed by atoms with E-state index in [0.29, 0.717) is 30.2 Å². The number of para-hydroxylation sites is 1. The molecule has 8 heteroatoms. The highest BCUT2D eigenvalue weighted by molar-refractivity contribution is 5.85. The van der Waals surface area contributed by atoms with Gasteiger partial charge in [0.1, 0.15) is 0 Å². The second-order valence-electron chi connectivity index (χ2n) is 7.69. The molecule has 0 unspecified atom stereocenters. The molecule has 156 valence electrons. The molecule has 5 rings (SSSR count). The number of nitrogens with two attached hydrogens (primary N) is 1. The van der Waals surface area contributed by atoms with Crippen LogP contribution in [0.4, 0.5) is 0 Å². The minimum absolute atomic E-state index is 0. The number of hydrogen-bond acceptors (Lipinski definition) is 5. The fourth-order valence-corrected chi connectivity index (χ4v) is 4.50. The Kier molecular flexibility index (Phi) is 5.60. The van der Waals surface area contributed by atoms with Gasteiger partial charge < -0.3 is 5.73 Å². The first-order valence-corrected chi connectivity index (χ1v) is 10.1. The predicted molar refractivity (Wildman–Crippen MR) is 120 cm³/mol. The maximum atomic E-state index is 12.8. The van der Waals surface area contributed by atoms with E-state index in [9.17, 15) is 4.79 Å². The number of aromatic nitrogens is 4. The zero-order chi connectivity index (χ0) is 20.0. The molecule has 2 atom stereocenters. The molecule has 1 aliphatic rings. The van der Waals surface area contributed by atoms with Crippen molar-refractivity contribution in [1.29, 1.82) is 0 Å². The molecule has 30 heavy (non-hydrogen) atoms. The Morgan fingerprint density at radius 2 is 1.77 bits per heavy atom. The Hall–Kier alpha value is -2.74. The molecular weight excluding hydrogens is 400 g/mol. The van der Waals surface area contributed by atoms with Crippen LogP contribution in [0.1, 0.15) is 24.2 Å². The van der Waals surface area contributed by atoms with Crippen molar-refractivity contribution in [1.82, 2.24) is 24.1 Å². The van der Waals surface area contributed by atoms with Crippen LogP contribution in [-0.2, 0) is 13.1 Å². The molecule has 0 saturated carbocycles. The molecule has 4 aromatic rings. The van der Waals surface area contributed by atoms with Crippen molar-refractivity contribution in [3.05, 3.63) is 76.3 Å². The third kappa shape index (κ3) is 3.29. The topological polar surface area (TPSA) is 81.5 Å². The summed E-state index contributed by atoms with van der Waals surface area (Å²) in [6.45, 7) is 4.83. The SMILES string of the molecule is CCn1c(=O)c2ccccc2n2c(CN3C[C@@H](N)[C@H](c4ccccc4)C3)nnc12.Cl. The number of hydrogen-bond donors (Lipinski definition) is 1. The van der Waals surface area contributed by atoms with E-state index in [4.69, 9.17) is 5.73 Å². The first-order chi connectivity index (χ1) is 14.2. The van der Waals surface area contributed by atoms with Crippen molar-refractivity contribution < 1.29 is 0 Å². The Morgan fingerprint density at radius 3 is 2.53 bits per heavy atom. The summed E-state index contributed by atoms with van der Waals surface area (Å²) in [7, 11) is 0. The van der Waals surface area contributed by atoms with Gasteiger partial charge in [-0.3, -0.25) is 18.7 Å². The van der Waals surface area contributed by atoms with E-state index in [-0.39, 0.29) is 24.0 Å². The zero-order valence-electron chi connectivity index (χ0n) is 16.8. The summed E-state index contributed by atoms with van der Waals surface area (Å²) in [5.74, 6) is 1.73. The molecule has 2 N–H and O–H groups in total. The minimum atomic E-state index is -0.0260. The van der Waals surface area contributed by atoms with Crippen LogP contribution < -0.4 is 11.3 Å². The highest BCUT2D eigenvalue weighted by Gasteiger charge is 2.32.